The number of aromatic nitrogens is 2. The van der Waals surface area contributed by atoms with Gasteiger partial charge in [0.05, 0.1) is 11.8 Å². The third-order valence-electron chi connectivity index (χ3n) is 4.10. The maximum Gasteiger partial charge on any atom is 0.163 e. The highest BCUT2D eigenvalue weighted by molar-refractivity contribution is 5.68. The molecule has 1 aromatic heterocycles. The van der Waals surface area contributed by atoms with Gasteiger partial charge in [0.2, 0.25) is 0 Å². The molecule has 0 aliphatic rings. The summed E-state index contributed by atoms with van der Waals surface area (Å²) in [6.07, 6.45) is 0.982. The SMILES string of the molecule is COCCCNc1cc(Nc2ccccc2OC(C)C)nc(-c2ccccc2)n1. The largest absolute Gasteiger partial charge is 0.489 e. The van der Waals surface area contributed by atoms with E-state index in [1.54, 1.807) is 7.11 Å². The molecule has 29 heavy (non-hydrogen) atoms. The van der Waals surface area contributed by atoms with Crippen LogP contribution < -0.4 is 15.4 Å². The molecule has 2 N–H and O–H groups in total. The van der Waals surface area contributed by atoms with Gasteiger partial charge in [-0.05, 0) is 32.4 Å². The van der Waals surface area contributed by atoms with Crippen molar-refractivity contribution in [3.05, 3.63) is 60.7 Å². The van der Waals surface area contributed by atoms with Gasteiger partial charge >= 0.3 is 0 Å². The van der Waals surface area contributed by atoms with Crippen molar-refractivity contribution in [2.45, 2.75) is 26.4 Å². The van der Waals surface area contributed by atoms with E-state index in [2.05, 4.69) is 15.6 Å². The molecule has 0 fully saturated rings. The van der Waals surface area contributed by atoms with Gasteiger partial charge in [-0.2, -0.15) is 0 Å². The number of nitrogens with zero attached hydrogens (tertiary/aromatic N) is 2. The Kier molecular flexibility index (Phi) is 7.41. The van der Waals surface area contributed by atoms with Crippen LogP contribution in [0.3, 0.4) is 0 Å². The van der Waals surface area contributed by atoms with Crippen LogP contribution in [0, 0.1) is 0 Å². The second kappa shape index (κ2) is 10.4. The topological polar surface area (TPSA) is 68.3 Å². The van der Waals surface area contributed by atoms with Crippen LogP contribution in [0.25, 0.3) is 11.4 Å². The molecule has 0 aliphatic carbocycles. The molecule has 0 radical (unpaired) electrons. The number of hydrogen-bond donors (Lipinski definition) is 2. The molecule has 0 unspecified atom stereocenters. The van der Waals surface area contributed by atoms with E-state index >= 15 is 0 Å². The summed E-state index contributed by atoms with van der Waals surface area (Å²) >= 11 is 0. The number of nitrogens with one attached hydrogen (secondary N) is 2. The smallest absolute Gasteiger partial charge is 0.163 e. The van der Waals surface area contributed by atoms with Crippen LogP contribution in [0.4, 0.5) is 17.3 Å². The first kappa shape index (κ1) is 20.6. The quantitative estimate of drug-likeness (QED) is 0.467. The molecular weight excluding hydrogens is 364 g/mol. The first-order valence-corrected chi connectivity index (χ1v) is 9.85. The van der Waals surface area contributed by atoms with Gasteiger partial charge in [0.25, 0.3) is 0 Å². The molecule has 2 aromatic carbocycles. The first-order chi connectivity index (χ1) is 14.2. The number of methoxy groups -OCH3 is 1. The summed E-state index contributed by atoms with van der Waals surface area (Å²) in [5.74, 6) is 2.91. The van der Waals surface area contributed by atoms with E-state index in [-0.39, 0.29) is 6.10 Å². The van der Waals surface area contributed by atoms with Gasteiger partial charge in [0, 0.05) is 31.9 Å². The van der Waals surface area contributed by atoms with Crippen molar-refractivity contribution >= 4 is 17.3 Å². The fourth-order valence-electron chi connectivity index (χ4n) is 2.82. The average molecular weight is 393 g/mol. The fraction of sp³-hybridized carbons (Fsp3) is 0.304. The normalized spacial score (nSPS) is 10.8. The molecule has 0 bridgehead atoms. The maximum absolute atomic E-state index is 5.92. The standard InChI is InChI=1S/C23H28N4O2/c1-17(2)29-20-13-8-7-12-19(20)25-22-16-21(24-14-9-15-28-3)26-23(27-22)18-10-5-4-6-11-18/h4-8,10-13,16-17H,9,14-15H2,1-3H3,(H2,24,25,26,27). The third kappa shape index (κ3) is 6.19. The van der Waals surface area contributed by atoms with Crippen LogP contribution in [0.15, 0.2) is 60.7 Å². The summed E-state index contributed by atoms with van der Waals surface area (Å²) in [5, 5.41) is 6.75. The minimum absolute atomic E-state index is 0.0845. The zero-order valence-corrected chi connectivity index (χ0v) is 17.2. The summed E-state index contributed by atoms with van der Waals surface area (Å²) in [7, 11) is 1.71. The number of rotatable bonds is 10. The van der Waals surface area contributed by atoms with Gasteiger partial charge in [0.1, 0.15) is 17.4 Å². The molecular formula is C23H28N4O2. The number of anilines is 3. The van der Waals surface area contributed by atoms with Crippen LogP contribution in [-0.2, 0) is 4.74 Å². The average Bonchev–Trinajstić information content (AvgIpc) is 2.73. The van der Waals surface area contributed by atoms with E-state index in [1.807, 2.05) is 74.5 Å². The predicted octanol–water partition coefficient (Wildman–Crippen LogP) is 5.12. The van der Waals surface area contributed by atoms with Crippen molar-refractivity contribution < 1.29 is 9.47 Å². The van der Waals surface area contributed by atoms with Crippen LogP contribution >= 0.6 is 0 Å². The highest BCUT2D eigenvalue weighted by Gasteiger charge is 2.10. The minimum Gasteiger partial charge on any atom is -0.489 e. The second-order valence-electron chi connectivity index (χ2n) is 6.89. The molecule has 0 spiro atoms. The van der Waals surface area contributed by atoms with Gasteiger partial charge in [-0.1, -0.05) is 42.5 Å². The van der Waals surface area contributed by atoms with E-state index in [9.17, 15) is 0 Å². The Morgan fingerprint density at radius 1 is 0.931 bits per heavy atom. The lowest BCUT2D eigenvalue weighted by atomic mass is 10.2. The van der Waals surface area contributed by atoms with Gasteiger partial charge in [0.15, 0.2) is 5.82 Å². The lowest BCUT2D eigenvalue weighted by Gasteiger charge is -2.16. The van der Waals surface area contributed by atoms with Gasteiger partial charge in [-0.15, -0.1) is 0 Å². The molecule has 1 heterocycles. The minimum atomic E-state index is 0.0845. The molecule has 3 aromatic rings. The summed E-state index contributed by atoms with van der Waals surface area (Å²) in [4.78, 5) is 9.40. The summed E-state index contributed by atoms with van der Waals surface area (Å²) < 4.78 is 11.0. The van der Waals surface area contributed by atoms with Crippen LogP contribution in [0.2, 0.25) is 0 Å². The number of para-hydroxylation sites is 2. The van der Waals surface area contributed by atoms with Crippen molar-refractivity contribution in [1.82, 2.24) is 9.97 Å². The van der Waals surface area contributed by atoms with Crippen LogP contribution in [0.1, 0.15) is 20.3 Å². The molecule has 0 saturated carbocycles. The Labute approximate surface area is 172 Å². The molecule has 3 rings (SSSR count). The lowest BCUT2D eigenvalue weighted by molar-refractivity contribution is 0.198. The van der Waals surface area contributed by atoms with E-state index in [0.29, 0.717) is 18.2 Å². The van der Waals surface area contributed by atoms with Gasteiger partial charge in [-0.25, -0.2) is 9.97 Å². The van der Waals surface area contributed by atoms with Crippen molar-refractivity contribution in [3.63, 3.8) is 0 Å². The van der Waals surface area contributed by atoms with Crippen LogP contribution in [-0.4, -0.2) is 36.3 Å². The summed E-state index contributed by atoms with van der Waals surface area (Å²) in [6, 6.07) is 19.7. The molecule has 0 atom stereocenters. The molecule has 0 saturated heterocycles. The predicted molar refractivity (Wildman–Crippen MR) is 118 cm³/mol. The Hall–Kier alpha value is -3.12. The maximum atomic E-state index is 5.92. The molecule has 6 heteroatoms. The Morgan fingerprint density at radius 3 is 2.41 bits per heavy atom. The Balaban J connectivity index is 1.89. The number of hydrogen-bond acceptors (Lipinski definition) is 6. The van der Waals surface area contributed by atoms with Gasteiger partial charge in [-0.3, -0.25) is 0 Å². The number of ether oxygens (including phenoxy) is 2. The summed E-state index contributed by atoms with van der Waals surface area (Å²) in [6.45, 7) is 5.49. The van der Waals surface area contributed by atoms with Crippen molar-refractivity contribution in [2.75, 3.05) is 30.9 Å². The van der Waals surface area contributed by atoms with E-state index < -0.39 is 0 Å². The molecule has 0 amide bonds. The molecule has 0 aliphatic heterocycles. The lowest BCUT2D eigenvalue weighted by Crippen LogP contribution is -2.09. The zero-order valence-electron chi connectivity index (χ0n) is 17.2. The first-order valence-electron chi connectivity index (χ1n) is 9.85. The van der Waals surface area contributed by atoms with Crippen molar-refractivity contribution in [1.29, 1.82) is 0 Å². The summed E-state index contributed by atoms with van der Waals surface area (Å²) in [5.41, 5.74) is 1.83. The van der Waals surface area contributed by atoms with Gasteiger partial charge < -0.3 is 20.1 Å². The van der Waals surface area contributed by atoms with E-state index in [0.717, 1.165) is 35.8 Å². The van der Waals surface area contributed by atoms with E-state index in [1.165, 1.54) is 0 Å². The fourth-order valence-corrected chi connectivity index (χ4v) is 2.82. The van der Waals surface area contributed by atoms with Crippen LogP contribution in [0.5, 0.6) is 5.75 Å². The van der Waals surface area contributed by atoms with Crippen molar-refractivity contribution in [2.24, 2.45) is 0 Å². The monoisotopic (exact) mass is 392 g/mol. The Bertz CT molecular complexity index is 900. The molecule has 152 valence electrons. The Morgan fingerprint density at radius 2 is 1.66 bits per heavy atom. The third-order valence-corrected chi connectivity index (χ3v) is 4.10. The number of benzene rings is 2. The highest BCUT2D eigenvalue weighted by atomic mass is 16.5. The van der Waals surface area contributed by atoms with Crippen molar-refractivity contribution in [3.8, 4) is 17.1 Å². The molecule has 6 nitrogen and oxygen atoms in total. The zero-order chi connectivity index (χ0) is 20.5. The van der Waals surface area contributed by atoms with E-state index in [4.69, 9.17) is 14.5 Å². The second-order valence-corrected chi connectivity index (χ2v) is 6.89. The highest BCUT2D eigenvalue weighted by Crippen LogP contribution is 2.29.